The van der Waals surface area contributed by atoms with Crippen LogP contribution in [0.4, 0.5) is 4.79 Å². The topological polar surface area (TPSA) is 60.9 Å². The average Bonchev–Trinajstić information content (AvgIpc) is 2.01. The van der Waals surface area contributed by atoms with Crippen molar-refractivity contribution in [3.63, 3.8) is 0 Å². The van der Waals surface area contributed by atoms with Crippen molar-refractivity contribution in [2.24, 2.45) is 5.92 Å². The van der Waals surface area contributed by atoms with Crippen LogP contribution in [-0.4, -0.2) is 73.0 Å². The molecule has 0 spiro atoms. The van der Waals surface area contributed by atoms with E-state index in [9.17, 15) is 9.59 Å². The first-order valence-corrected chi connectivity index (χ1v) is 4.46. The molecule has 0 aromatic heterocycles. The van der Waals surface area contributed by atoms with E-state index in [0.717, 1.165) is 0 Å². The molecule has 0 fully saturated rings. The molecule has 6 heteroatoms. The fraction of sp³-hybridized carbons (Fsp3) is 0.778. The fourth-order valence-corrected chi connectivity index (χ4v) is 1.33. The van der Waals surface area contributed by atoms with Crippen LogP contribution in [0.25, 0.3) is 0 Å². The predicted molar refractivity (Wildman–Crippen MR) is 60.3 cm³/mol. The maximum atomic E-state index is 11.5. The minimum atomic E-state index is -0.974. The van der Waals surface area contributed by atoms with E-state index in [2.05, 4.69) is 0 Å². The Hall–Kier alpha value is -0.663. The number of urea groups is 1. The Labute approximate surface area is 103 Å². The first-order valence-electron chi connectivity index (χ1n) is 4.46. The first kappa shape index (κ1) is 16.8. The van der Waals surface area contributed by atoms with Gasteiger partial charge < -0.3 is 14.9 Å². The van der Waals surface area contributed by atoms with Crippen molar-refractivity contribution in [1.82, 2.24) is 9.80 Å². The molecule has 0 bridgehead atoms. The molecule has 1 N–H and O–H groups in total. The zero-order chi connectivity index (χ0) is 11.5. The molecule has 2 amide bonds. The molecule has 15 heavy (non-hydrogen) atoms. The van der Waals surface area contributed by atoms with Crippen LogP contribution >= 0.6 is 0 Å². The minimum absolute atomic E-state index is 0. The number of hydrogen-bond acceptors (Lipinski definition) is 2. The second kappa shape index (κ2) is 6.75. The van der Waals surface area contributed by atoms with Crippen LogP contribution in [0.15, 0.2) is 0 Å². The summed E-state index contributed by atoms with van der Waals surface area (Å²) in [5.41, 5.74) is 0. The van der Waals surface area contributed by atoms with Crippen LogP contribution in [0.5, 0.6) is 0 Å². The molecule has 1 atom stereocenters. The molecular weight excluding hydrogens is 191 g/mol. The monoisotopic (exact) mass is 210 g/mol. The van der Waals surface area contributed by atoms with Gasteiger partial charge in [0.1, 0.15) is 6.04 Å². The third-order valence-electron chi connectivity index (χ3n) is 1.99. The van der Waals surface area contributed by atoms with Gasteiger partial charge >= 0.3 is 30.9 Å². The molecule has 0 aliphatic heterocycles. The van der Waals surface area contributed by atoms with Crippen molar-refractivity contribution in [3.8, 4) is 0 Å². The van der Waals surface area contributed by atoms with Gasteiger partial charge in [-0.15, -0.1) is 0 Å². The average molecular weight is 210 g/mol. The molecule has 0 heterocycles. The van der Waals surface area contributed by atoms with Gasteiger partial charge in [-0.25, -0.2) is 9.59 Å². The van der Waals surface area contributed by atoms with Gasteiger partial charge in [0, 0.05) is 21.1 Å². The summed E-state index contributed by atoms with van der Waals surface area (Å²) >= 11 is 0. The third-order valence-corrected chi connectivity index (χ3v) is 1.99. The summed E-state index contributed by atoms with van der Waals surface area (Å²) in [6.07, 6.45) is 0. The normalized spacial score (nSPS) is 11.6. The summed E-state index contributed by atoms with van der Waals surface area (Å²) < 4.78 is 0. The number of carbonyl (C=O) groups excluding carboxylic acids is 1. The van der Waals surface area contributed by atoms with E-state index in [1.807, 2.05) is 0 Å². The van der Waals surface area contributed by atoms with Gasteiger partial charge in [0.05, 0.1) is 0 Å². The number of likely N-dealkylation sites (N-methyl/N-ethyl adjacent to an activating group) is 1. The summed E-state index contributed by atoms with van der Waals surface area (Å²) in [5, 5.41) is 8.93. The van der Waals surface area contributed by atoms with Gasteiger partial charge in [0.25, 0.3) is 0 Å². The first-order chi connectivity index (χ1) is 6.29. The van der Waals surface area contributed by atoms with Gasteiger partial charge in [0.2, 0.25) is 0 Å². The number of carbonyl (C=O) groups is 2. The molecule has 0 saturated heterocycles. The summed E-state index contributed by atoms with van der Waals surface area (Å²) in [4.78, 5) is 25.0. The van der Waals surface area contributed by atoms with Crippen molar-refractivity contribution in [2.45, 2.75) is 19.9 Å². The molecule has 0 aromatic rings. The Balaban J connectivity index is 0. The summed E-state index contributed by atoms with van der Waals surface area (Å²) in [6, 6.07) is -1.07. The van der Waals surface area contributed by atoms with E-state index in [-0.39, 0.29) is 30.8 Å². The van der Waals surface area contributed by atoms with Crippen molar-refractivity contribution in [3.05, 3.63) is 0 Å². The Bertz CT molecular complexity index is 231. The van der Waals surface area contributed by atoms with E-state index < -0.39 is 12.0 Å². The fourth-order valence-electron chi connectivity index (χ4n) is 1.33. The molecule has 0 aliphatic carbocycles. The Morgan fingerprint density at radius 1 is 1.13 bits per heavy atom. The van der Waals surface area contributed by atoms with Crippen molar-refractivity contribution >= 4 is 30.9 Å². The van der Waals surface area contributed by atoms with Crippen molar-refractivity contribution in [2.75, 3.05) is 21.1 Å². The summed E-state index contributed by atoms with van der Waals surface area (Å²) in [5.74, 6) is -1.08. The van der Waals surface area contributed by atoms with Gasteiger partial charge in [-0.05, 0) is 5.92 Å². The predicted octanol–water partition coefficient (Wildman–Crippen LogP) is 0.0605. The number of carboxylic acid groups (broad SMARTS) is 1. The van der Waals surface area contributed by atoms with Crippen LogP contribution in [0.2, 0.25) is 0 Å². The van der Waals surface area contributed by atoms with Crippen molar-refractivity contribution < 1.29 is 14.7 Å². The number of amides is 2. The third kappa shape index (κ3) is 4.58. The molecule has 0 rings (SSSR count). The van der Waals surface area contributed by atoms with Gasteiger partial charge in [-0.2, -0.15) is 0 Å². The van der Waals surface area contributed by atoms with Crippen molar-refractivity contribution in [1.29, 1.82) is 0 Å². The quantitative estimate of drug-likeness (QED) is 0.670. The van der Waals surface area contributed by atoms with Gasteiger partial charge in [-0.3, -0.25) is 0 Å². The summed E-state index contributed by atoms with van der Waals surface area (Å²) in [6.45, 7) is 3.55. The van der Waals surface area contributed by atoms with Crippen LogP contribution in [-0.2, 0) is 4.79 Å². The van der Waals surface area contributed by atoms with E-state index >= 15 is 0 Å². The van der Waals surface area contributed by atoms with E-state index in [0.29, 0.717) is 0 Å². The molecule has 0 unspecified atom stereocenters. The van der Waals surface area contributed by atoms with Gasteiger partial charge in [0.15, 0.2) is 0 Å². The van der Waals surface area contributed by atoms with Gasteiger partial charge in [-0.1, -0.05) is 13.8 Å². The second-order valence-corrected chi connectivity index (χ2v) is 3.81. The molecular formula is C9H19LiN2O3. The zero-order valence-corrected chi connectivity index (χ0v) is 9.31. The second-order valence-electron chi connectivity index (χ2n) is 3.81. The van der Waals surface area contributed by atoms with Crippen LogP contribution < -0.4 is 0 Å². The summed E-state index contributed by atoms with van der Waals surface area (Å²) in [7, 11) is 4.69. The number of rotatable bonds is 3. The van der Waals surface area contributed by atoms with Crippen LogP contribution in [0, 0.1) is 5.92 Å². The van der Waals surface area contributed by atoms with E-state index in [1.165, 1.54) is 16.8 Å². The number of aliphatic carboxylic acids is 1. The Morgan fingerprint density at radius 3 is 1.73 bits per heavy atom. The SMILES string of the molecule is CC(C)[C@@H](C(=O)O)N(C)C(=O)N(C)C.[LiH]. The molecule has 0 radical (unpaired) electrons. The standard InChI is InChI=1S/C9H18N2O3.Li.H/c1-6(2)7(8(12)13)11(5)9(14)10(3)4;;/h6-7H,1-5H3,(H,12,13);;/t7-;;/m0../s1. The number of nitrogens with zero attached hydrogens (tertiary/aromatic N) is 2. The Kier molecular flexibility index (Phi) is 7.54. The number of carboxylic acids is 1. The molecule has 0 aliphatic rings. The Morgan fingerprint density at radius 2 is 1.53 bits per heavy atom. The van der Waals surface area contributed by atoms with E-state index in [4.69, 9.17) is 5.11 Å². The molecule has 0 aromatic carbocycles. The molecule has 0 saturated carbocycles. The molecule has 5 nitrogen and oxygen atoms in total. The zero-order valence-electron chi connectivity index (χ0n) is 9.31. The van der Waals surface area contributed by atoms with Crippen LogP contribution in [0.1, 0.15) is 13.8 Å². The molecule has 84 valence electrons. The van der Waals surface area contributed by atoms with Crippen LogP contribution in [0.3, 0.4) is 0 Å². The van der Waals surface area contributed by atoms with E-state index in [1.54, 1.807) is 27.9 Å². The number of hydrogen-bond donors (Lipinski definition) is 1. The maximum absolute atomic E-state index is 11.5.